The molecule has 0 atom stereocenters. The summed E-state index contributed by atoms with van der Waals surface area (Å²) >= 11 is 7.46. The van der Waals surface area contributed by atoms with Crippen molar-refractivity contribution in [2.24, 2.45) is 0 Å². The van der Waals surface area contributed by atoms with Gasteiger partial charge in [0.1, 0.15) is 16.6 Å². The number of rotatable bonds is 7. The number of nitriles is 1. The Kier molecular flexibility index (Phi) is 6.56. The van der Waals surface area contributed by atoms with Gasteiger partial charge in [0.05, 0.1) is 15.6 Å². The van der Waals surface area contributed by atoms with Gasteiger partial charge in [0.2, 0.25) is 5.13 Å². The Bertz CT molecular complexity index is 1180. The van der Waals surface area contributed by atoms with Crippen LogP contribution in [0.25, 0.3) is 11.8 Å². The number of hydrogen-bond acceptors (Lipinski definition) is 7. The molecule has 3 aromatic rings. The van der Waals surface area contributed by atoms with Crippen molar-refractivity contribution in [3.63, 3.8) is 0 Å². The molecular formula is C19H15ClN6O3S. The van der Waals surface area contributed by atoms with Gasteiger partial charge in [-0.15, -0.1) is 10.2 Å². The van der Waals surface area contributed by atoms with Crippen LogP contribution in [0.15, 0.2) is 42.1 Å². The summed E-state index contributed by atoms with van der Waals surface area (Å²) in [6, 6.07) is 9.34. The molecule has 0 aliphatic carbocycles. The van der Waals surface area contributed by atoms with Gasteiger partial charge in [0.25, 0.3) is 11.6 Å². The van der Waals surface area contributed by atoms with Crippen LogP contribution in [-0.4, -0.2) is 25.6 Å². The third kappa shape index (κ3) is 4.71. The van der Waals surface area contributed by atoms with Crippen molar-refractivity contribution < 1.29 is 9.72 Å². The predicted octanol–water partition coefficient (Wildman–Crippen LogP) is 4.39. The topological polar surface area (TPSA) is 127 Å². The van der Waals surface area contributed by atoms with E-state index < -0.39 is 10.8 Å². The summed E-state index contributed by atoms with van der Waals surface area (Å²) in [5, 5.41) is 32.1. The molecule has 0 unspecified atom stereocenters. The Balaban J connectivity index is 1.87. The summed E-state index contributed by atoms with van der Waals surface area (Å²) in [5.74, 6) is -0.612. The number of nitro groups is 1. The lowest BCUT2D eigenvalue weighted by molar-refractivity contribution is -0.384. The van der Waals surface area contributed by atoms with Crippen molar-refractivity contribution in [2.45, 2.75) is 19.8 Å². The van der Waals surface area contributed by atoms with Crippen LogP contribution < -0.4 is 5.32 Å². The zero-order valence-corrected chi connectivity index (χ0v) is 17.3. The zero-order valence-electron chi connectivity index (χ0n) is 15.7. The fraction of sp³-hybridized carbons (Fsp3) is 0.158. The summed E-state index contributed by atoms with van der Waals surface area (Å²) in [7, 11) is 0. The minimum Gasteiger partial charge on any atom is -0.316 e. The lowest BCUT2D eigenvalue weighted by atomic mass is 10.2. The molecule has 0 spiro atoms. The molecular weight excluding hydrogens is 428 g/mol. The van der Waals surface area contributed by atoms with Crippen molar-refractivity contribution in [2.75, 3.05) is 5.32 Å². The van der Waals surface area contributed by atoms with Gasteiger partial charge in [-0.3, -0.25) is 20.2 Å². The van der Waals surface area contributed by atoms with Crippen molar-refractivity contribution in [3.05, 3.63) is 67.9 Å². The van der Waals surface area contributed by atoms with Crippen LogP contribution in [0.2, 0.25) is 5.02 Å². The number of non-ortho nitro benzene ring substituents is 1. The molecule has 2 aromatic heterocycles. The molecule has 1 N–H and O–H groups in total. The maximum absolute atomic E-state index is 12.5. The average molecular weight is 443 g/mol. The minimum atomic E-state index is -0.612. The van der Waals surface area contributed by atoms with Gasteiger partial charge in [0.15, 0.2) is 0 Å². The van der Waals surface area contributed by atoms with Crippen LogP contribution in [0.3, 0.4) is 0 Å². The predicted molar refractivity (Wildman–Crippen MR) is 114 cm³/mol. The second kappa shape index (κ2) is 9.30. The molecule has 0 saturated heterocycles. The van der Waals surface area contributed by atoms with Crippen molar-refractivity contribution >= 4 is 45.7 Å². The van der Waals surface area contributed by atoms with E-state index in [1.165, 1.54) is 35.6 Å². The van der Waals surface area contributed by atoms with Crippen LogP contribution >= 0.6 is 22.9 Å². The van der Waals surface area contributed by atoms with Crippen LogP contribution in [0.4, 0.5) is 10.8 Å². The molecule has 0 aliphatic heterocycles. The van der Waals surface area contributed by atoms with Gasteiger partial charge in [-0.1, -0.05) is 29.9 Å². The van der Waals surface area contributed by atoms with E-state index in [0.29, 0.717) is 16.5 Å². The Labute approximate surface area is 180 Å². The van der Waals surface area contributed by atoms with Crippen molar-refractivity contribution in [3.8, 4) is 11.8 Å². The number of nitrogens with one attached hydrogen (secondary N) is 1. The van der Waals surface area contributed by atoms with Gasteiger partial charge in [-0.25, -0.2) is 0 Å². The number of halogens is 1. The van der Waals surface area contributed by atoms with E-state index in [9.17, 15) is 20.2 Å². The number of carbonyl (C=O) groups is 1. The molecule has 0 radical (unpaired) electrons. The normalized spacial score (nSPS) is 11.2. The van der Waals surface area contributed by atoms with Crippen LogP contribution in [0.1, 0.15) is 24.0 Å². The molecule has 3 rings (SSSR count). The Morgan fingerprint density at radius 3 is 2.90 bits per heavy atom. The smallest absolute Gasteiger partial charge is 0.271 e. The molecule has 2 heterocycles. The average Bonchev–Trinajstić information content (AvgIpc) is 3.35. The molecule has 11 heteroatoms. The second-order valence-corrected chi connectivity index (χ2v) is 7.54. The molecule has 0 aliphatic rings. The largest absolute Gasteiger partial charge is 0.316 e. The minimum absolute atomic E-state index is 0.135. The number of aromatic nitrogens is 3. The van der Waals surface area contributed by atoms with E-state index in [-0.39, 0.29) is 16.3 Å². The lowest BCUT2D eigenvalue weighted by Gasteiger charge is -2.09. The number of nitro benzene ring substituents is 1. The maximum Gasteiger partial charge on any atom is 0.271 e. The number of nitrogens with zero attached hydrogens (tertiary/aromatic N) is 5. The van der Waals surface area contributed by atoms with Gasteiger partial charge in [0, 0.05) is 30.4 Å². The lowest BCUT2D eigenvalue weighted by Crippen LogP contribution is -2.13. The Morgan fingerprint density at radius 1 is 1.43 bits per heavy atom. The molecule has 1 amide bonds. The maximum atomic E-state index is 12.5. The van der Waals surface area contributed by atoms with E-state index in [1.807, 2.05) is 13.0 Å². The monoisotopic (exact) mass is 442 g/mol. The number of hydrogen-bond donors (Lipinski definition) is 1. The highest BCUT2D eigenvalue weighted by atomic mass is 35.5. The van der Waals surface area contributed by atoms with Gasteiger partial charge < -0.3 is 4.57 Å². The van der Waals surface area contributed by atoms with Gasteiger partial charge >= 0.3 is 0 Å². The fourth-order valence-electron chi connectivity index (χ4n) is 2.62. The summed E-state index contributed by atoms with van der Waals surface area (Å²) in [5.41, 5.74) is 0.704. The Hall–Kier alpha value is -3.55. The van der Waals surface area contributed by atoms with Crippen molar-refractivity contribution in [1.29, 1.82) is 5.26 Å². The number of benzene rings is 1. The molecule has 0 fully saturated rings. The van der Waals surface area contributed by atoms with Crippen LogP contribution in [0, 0.1) is 21.4 Å². The third-order valence-electron chi connectivity index (χ3n) is 3.99. The molecule has 1 aromatic carbocycles. The third-order valence-corrected chi connectivity index (χ3v) is 5.19. The quantitative estimate of drug-likeness (QED) is 0.250. The van der Waals surface area contributed by atoms with E-state index >= 15 is 0 Å². The summed E-state index contributed by atoms with van der Waals surface area (Å²) in [6.45, 7) is 2.02. The molecule has 0 bridgehead atoms. The molecule has 0 saturated carbocycles. The first-order chi connectivity index (χ1) is 14.4. The first-order valence-electron chi connectivity index (χ1n) is 8.80. The highest BCUT2D eigenvalue weighted by Crippen LogP contribution is 2.27. The highest BCUT2D eigenvalue weighted by Gasteiger charge is 2.16. The van der Waals surface area contributed by atoms with Crippen LogP contribution in [0.5, 0.6) is 0 Å². The fourth-order valence-corrected chi connectivity index (χ4v) is 3.72. The van der Waals surface area contributed by atoms with E-state index in [2.05, 4.69) is 15.5 Å². The summed E-state index contributed by atoms with van der Waals surface area (Å²) in [6.07, 6.45) is 4.75. The molecule has 9 nitrogen and oxygen atoms in total. The SMILES string of the molecule is CCCc1nnc(NC(=O)/C(C#N)=C\c2cccn2-c2ccc([N+](=O)[O-])cc2Cl)s1. The number of carbonyl (C=O) groups excluding carboxylic acids is 1. The number of aryl methyl sites for hydroxylation is 1. The van der Waals surface area contributed by atoms with Crippen molar-refractivity contribution in [1.82, 2.24) is 14.8 Å². The van der Waals surface area contributed by atoms with E-state index in [4.69, 9.17) is 11.6 Å². The number of anilines is 1. The number of amides is 1. The molecule has 152 valence electrons. The van der Waals surface area contributed by atoms with E-state index in [1.54, 1.807) is 22.9 Å². The standard InChI is InChI=1S/C19H15ClN6O3S/c1-2-4-17-23-24-19(30-17)22-18(27)12(11-21)9-13-5-3-8-25(13)16-7-6-14(26(28)29)10-15(16)20/h3,5-10H,2,4H2,1H3,(H,22,24,27)/b12-9-. The summed E-state index contributed by atoms with van der Waals surface area (Å²) in [4.78, 5) is 22.9. The van der Waals surface area contributed by atoms with Gasteiger partial charge in [-0.05, 0) is 30.7 Å². The first-order valence-corrected chi connectivity index (χ1v) is 9.99. The van der Waals surface area contributed by atoms with Crippen LogP contribution in [-0.2, 0) is 11.2 Å². The summed E-state index contributed by atoms with van der Waals surface area (Å²) < 4.78 is 1.63. The first kappa shape index (κ1) is 21.2. The highest BCUT2D eigenvalue weighted by molar-refractivity contribution is 7.15. The van der Waals surface area contributed by atoms with Gasteiger partial charge in [-0.2, -0.15) is 5.26 Å². The van der Waals surface area contributed by atoms with E-state index in [0.717, 1.165) is 17.8 Å². The Morgan fingerprint density at radius 2 is 2.23 bits per heavy atom. The second-order valence-electron chi connectivity index (χ2n) is 6.07. The molecule has 30 heavy (non-hydrogen) atoms. The zero-order chi connectivity index (χ0) is 21.7.